The third-order valence-electron chi connectivity index (χ3n) is 2.85. The summed E-state index contributed by atoms with van der Waals surface area (Å²) in [6.45, 7) is 2.76. The van der Waals surface area contributed by atoms with Crippen LogP contribution >= 0.6 is 0 Å². The van der Waals surface area contributed by atoms with Gasteiger partial charge in [0.25, 0.3) is 0 Å². The minimum atomic E-state index is -3.88. The van der Waals surface area contributed by atoms with Crippen molar-refractivity contribution in [1.82, 2.24) is 4.72 Å². The molecule has 0 saturated heterocycles. The van der Waals surface area contributed by atoms with E-state index < -0.39 is 28.6 Å². The van der Waals surface area contributed by atoms with Crippen LogP contribution in [0.25, 0.3) is 0 Å². The molecule has 1 aromatic carbocycles. The Kier molecular flexibility index (Phi) is 5.09. The fourth-order valence-corrected chi connectivity index (χ4v) is 3.27. The smallest absolute Gasteiger partial charge is 0.336 e. The zero-order chi connectivity index (χ0) is 15.5. The van der Waals surface area contributed by atoms with Gasteiger partial charge in [0, 0.05) is 12.2 Å². The molecule has 20 heavy (non-hydrogen) atoms. The van der Waals surface area contributed by atoms with Gasteiger partial charge < -0.3 is 15.6 Å². The van der Waals surface area contributed by atoms with Crippen molar-refractivity contribution in [2.45, 2.75) is 24.8 Å². The number of benzene rings is 1. The third kappa shape index (κ3) is 3.47. The molecule has 0 saturated carbocycles. The Morgan fingerprint density at radius 2 is 2.05 bits per heavy atom. The lowest BCUT2D eigenvalue weighted by Crippen LogP contribution is -2.37. The molecule has 7 nitrogen and oxygen atoms in total. The number of carbonyl (C=O) groups excluding carboxylic acids is 1. The molecule has 0 aromatic heterocycles. The van der Waals surface area contributed by atoms with Crippen molar-refractivity contribution in [2.75, 3.05) is 19.4 Å². The number of sulfonamides is 1. The summed E-state index contributed by atoms with van der Waals surface area (Å²) in [5, 5.41) is 9.39. The maximum Gasteiger partial charge on any atom is 0.336 e. The van der Waals surface area contributed by atoms with Gasteiger partial charge in [-0.05, 0) is 31.0 Å². The highest BCUT2D eigenvalue weighted by Crippen LogP contribution is 2.24. The molecular weight excluding hydrogens is 284 g/mol. The van der Waals surface area contributed by atoms with Crippen LogP contribution in [0, 0.1) is 13.8 Å². The van der Waals surface area contributed by atoms with Crippen LogP contribution in [-0.4, -0.2) is 39.3 Å². The number of esters is 1. The highest BCUT2D eigenvalue weighted by molar-refractivity contribution is 7.89. The number of anilines is 1. The molecule has 4 N–H and O–H groups in total. The molecule has 1 aromatic rings. The maximum absolute atomic E-state index is 12.2. The molecule has 0 aliphatic rings. The van der Waals surface area contributed by atoms with Gasteiger partial charge in [0.2, 0.25) is 10.0 Å². The van der Waals surface area contributed by atoms with Crippen LogP contribution in [0.15, 0.2) is 17.0 Å². The Labute approximate surface area is 117 Å². The van der Waals surface area contributed by atoms with Crippen molar-refractivity contribution >= 4 is 21.7 Å². The number of hydrogen-bond acceptors (Lipinski definition) is 6. The number of aryl methyl sites for hydroxylation is 1. The van der Waals surface area contributed by atoms with E-state index in [1.807, 2.05) is 0 Å². The van der Waals surface area contributed by atoms with E-state index in [4.69, 9.17) is 5.73 Å². The summed E-state index contributed by atoms with van der Waals surface area (Å²) < 4.78 is 30.9. The van der Waals surface area contributed by atoms with E-state index in [1.165, 1.54) is 0 Å². The first-order valence-electron chi connectivity index (χ1n) is 5.82. The van der Waals surface area contributed by atoms with E-state index in [-0.39, 0.29) is 4.90 Å². The van der Waals surface area contributed by atoms with E-state index in [0.717, 1.165) is 7.11 Å². The van der Waals surface area contributed by atoms with E-state index >= 15 is 0 Å². The molecule has 0 radical (unpaired) electrons. The molecule has 0 aliphatic carbocycles. The fourth-order valence-electron chi connectivity index (χ4n) is 1.74. The Morgan fingerprint density at radius 3 is 2.60 bits per heavy atom. The molecule has 0 spiro atoms. The van der Waals surface area contributed by atoms with E-state index in [9.17, 15) is 18.3 Å². The van der Waals surface area contributed by atoms with Crippen LogP contribution in [0.3, 0.4) is 0 Å². The number of hydrogen-bond donors (Lipinski definition) is 3. The Hall–Kier alpha value is -1.64. The predicted octanol–water partition coefficient (Wildman–Crippen LogP) is -0.302. The topological polar surface area (TPSA) is 119 Å². The first-order valence-corrected chi connectivity index (χ1v) is 7.30. The van der Waals surface area contributed by atoms with Crippen LogP contribution in [0.5, 0.6) is 0 Å². The van der Waals surface area contributed by atoms with E-state index in [2.05, 4.69) is 9.46 Å². The lowest BCUT2D eigenvalue weighted by molar-refractivity contribution is -0.149. The number of nitrogens with two attached hydrogens (primary N) is 1. The third-order valence-corrected chi connectivity index (χ3v) is 4.57. The normalized spacial score (nSPS) is 13.0. The second kappa shape index (κ2) is 6.21. The van der Waals surface area contributed by atoms with Gasteiger partial charge >= 0.3 is 5.97 Å². The van der Waals surface area contributed by atoms with Gasteiger partial charge in [-0.1, -0.05) is 6.07 Å². The number of methoxy groups -OCH3 is 1. The second-order valence-corrected chi connectivity index (χ2v) is 6.02. The molecule has 8 heteroatoms. The van der Waals surface area contributed by atoms with Crippen LogP contribution in [-0.2, 0) is 19.6 Å². The Bertz CT molecular complexity index is 613. The van der Waals surface area contributed by atoms with Crippen molar-refractivity contribution in [2.24, 2.45) is 0 Å². The van der Waals surface area contributed by atoms with Crippen LogP contribution in [0.4, 0.5) is 5.69 Å². The number of carbonyl (C=O) groups is 1. The number of nitrogen functional groups attached to an aromatic ring is 1. The van der Waals surface area contributed by atoms with Crippen LogP contribution in [0.2, 0.25) is 0 Å². The molecule has 1 unspecified atom stereocenters. The number of nitrogens with one attached hydrogen (secondary N) is 1. The van der Waals surface area contributed by atoms with Gasteiger partial charge in [-0.25, -0.2) is 17.9 Å². The van der Waals surface area contributed by atoms with Crippen molar-refractivity contribution < 1.29 is 23.1 Å². The summed E-state index contributed by atoms with van der Waals surface area (Å²) >= 11 is 0. The molecule has 0 bridgehead atoms. The standard InChI is InChI=1S/C12H18N2O5S/c1-7-4-5-9(13)8(2)11(7)20(17,18)14-6-10(15)12(16)19-3/h4-5,10,14-15H,6,13H2,1-3H3. The molecule has 112 valence electrons. The highest BCUT2D eigenvalue weighted by atomic mass is 32.2. The fraction of sp³-hybridized carbons (Fsp3) is 0.417. The highest BCUT2D eigenvalue weighted by Gasteiger charge is 2.24. The Balaban J connectivity index is 3.01. The molecule has 1 rings (SSSR count). The number of aliphatic hydroxyl groups is 1. The first-order chi connectivity index (χ1) is 9.20. The van der Waals surface area contributed by atoms with Crippen LogP contribution < -0.4 is 10.5 Å². The molecule has 0 fully saturated rings. The monoisotopic (exact) mass is 302 g/mol. The number of rotatable bonds is 5. The molecule has 0 aliphatic heterocycles. The summed E-state index contributed by atoms with van der Waals surface area (Å²) in [7, 11) is -2.78. The van der Waals surface area contributed by atoms with Gasteiger partial charge in [-0.3, -0.25) is 0 Å². The van der Waals surface area contributed by atoms with Crippen molar-refractivity contribution in [1.29, 1.82) is 0 Å². The average molecular weight is 302 g/mol. The molecular formula is C12H18N2O5S. The van der Waals surface area contributed by atoms with Gasteiger partial charge in [0.1, 0.15) is 0 Å². The summed E-state index contributed by atoms with van der Waals surface area (Å²) in [4.78, 5) is 11.1. The second-order valence-electron chi connectivity index (χ2n) is 4.32. The lowest BCUT2D eigenvalue weighted by Gasteiger charge is -2.15. The van der Waals surface area contributed by atoms with E-state index in [1.54, 1.807) is 26.0 Å². The number of aliphatic hydroxyl groups excluding tert-OH is 1. The maximum atomic E-state index is 12.2. The summed E-state index contributed by atoms with van der Waals surface area (Å²) in [5.41, 5.74) is 6.99. The van der Waals surface area contributed by atoms with Gasteiger partial charge in [-0.2, -0.15) is 0 Å². The van der Waals surface area contributed by atoms with Gasteiger partial charge in [0.15, 0.2) is 6.10 Å². The zero-order valence-corrected chi connectivity index (χ0v) is 12.3. The largest absolute Gasteiger partial charge is 0.467 e. The summed E-state index contributed by atoms with van der Waals surface area (Å²) in [5.74, 6) is -0.909. The lowest BCUT2D eigenvalue weighted by atomic mass is 10.1. The summed E-state index contributed by atoms with van der Waals surface area (Å²) in [6, 6.07) is 3.21. The Morgan fingerprint density at radius 1 is 1.45 bits per heavy atom. The zero-order valence-electron chi connectivity index (χ0n) is 11.5. The molecule has 0 heterocycles. The predicted molar refractivity (Wildman–Crippen MR) is 73.5 cm³/mol. The van der Waals surface area contributed by atoms with Crippen LogP contribution in [0.1, 0.15) is 11.1 Å². The first kappa shape index (κ1) is 16.4. The van der Waals surface area contributed by atoms with Crippen molar-refractivity contribution in [3.05, 3.63) is 23.3 Å². The van der Waals surface area contributed by atoms with Crippen molar-refractivity contribution in [3.63, 3.8) is 0 Å². The SMILES string of the molecule is COC(=O)C(O)CNS(=O)(=O)c1c(C)ccc(N)c1C. The molecule has 0 amide bonds. The van der Waals surface area contributed by atoms with Gasteiger partial charge in [0.05, 0.1) is 12.0 Å². The average Bonchev–Trinajstić information content (AvgIpc) is 2.39. The quantitative estimate of drug-likeness (QED) is 0.507. The minimum Gasteiger partial charge on any atom is -0.467 e. The summed E-state index contributed by atoms with van der Waals surface area (Å²) in [6.07, 6.45) is -1.56. The minimum absolute atomic E-state index is 0.0505. The number of ether oxygens (including phenoxy) is 1. The van der Waals surface area contributed by atoms with Crippen molar-refractivity contribution in [3.8, 4) is 0 Å². The van der Waals surface area contributed by atoms with E-state index in [0.29, 0.717) is 16.8 Å². The molecule has 1 atom stereocenters. The van der Waals surface area contributed by atoms with Gasteiger partial charge in [-0.15, -0.1) is 0 Å².